The number of nitrogens with zero attached hydrogens (tertiary/aromatic N) is 2. The molecule has 0 radical (unpaired) electrons. The van der Waals surface area contributed by atoms with E-state index in [-0.39, 0.29) is 11.3 Å². The topological polar surface area (TPSA) is 101 Å². The Morgan fingerprint density at radius 2 is 2.11 bits per heavy atom. The third-order valence-corrected chi connectivity index (χ3v) is 3.05. The van der Waals surface area contributed by atoms with Crippen LogP contribution < -0.4 is 0 Å². The predicted molar refractivity (Wildman–Crippen MR) is 70.4 cm³/mol. The van der Waals surface area contributed by atoms with Crippen molar-refractivity contribution < 1.29 is 19.6 Å². The minimum atomic E-state index is -1.15. The highest BCUT2D eigenvalue weighted by atomic mass is 127. The Balaban J connectivity index is 3.08. The van der Waals surface area contributed by atoms with Crippen LogP contribution >= 0.6 is 22.6 Å². The fourth-order valence-corrected chi connectivity index (χ4v) is 1.84. The molecule has 0 aliphatic rings. The van der Waals surface area contributed by atoms with Gasteiger partial charge in [0.2, 0.25) is 0 Å². The fourth-order valence-electron chi connectivity index (χ4n) is 1.27. The van der Waals surface area contributed by atoms with Crippen molar-refractivity contribution >= 4 is 40.2 Å². The van der Waals surface area contributed by atoms with E-state index in [4.69, 9.17) is 5.11 Å². The van der Waals surface area contributed by atoms with Crippen LogP contribution in [0.2, 0.25) is 0 Å². The summed E-state index contributed by atoms with van der Waals surface area (Å²) in [5.74, 6) is -1.71. The number of carboxylic acids is 1. The van der Waals surface area contributed by atoms with Gasteiger partial charge in [0, 0.05) is 22.8 Å². The van der Waals surface area contributed by atoms with Gasteiger partial charge >= 0.3 is 5.97 Å². The minimum absolute atomic E-state index is 0.119. The molecular formula is C10H9IN2O5. The summed E-state index contributed by atoms with van der Waals surface area (Å²) in [7, 11) is 1.32. The second kappa shape index (κ2) is 5.76. The van der Waals surface area contributed by atoms with Gasteiger partial charge in [-0.2, -0.15) is 0 Å². The largest absolute Gasteiger partial charge is 0.480 e. The van der Waals surface area contributed by atoms with Crippen LogP contribution in [0, 0.1) is 13.7 Å². The van der Waals surface area contributed by atoms with Crippen LogP contribution in [-0.4, -0.2) is 40.4 Å². The maximum Gasteiger partial charge on any atom is 0.323 e. The molecule has 7 nitrogen and oxygen atoms in total. The zero-order valence-electron chi connectivity index (χ0n) is 9.29. The van der Waals surface area contributed by atoms with Crippen molar-refractivity contribution in [2.24, 2.45) is 0 Å². The monoisotopic (exact) mass is 364 g/mol. The summed E-state index contributed by atoms with van der Waals surface area (Å²) in [5, 5.41) is 19.2. The summed E-state index contributed by atoms with van der Waals surface area (Å²) < 4.78 is 0.528. The molecule has 1 amide bonds. The number of amides is 1. The lowest BCUT2D eigenvalue weighted by Gasteiger charge is -2.15. The van der Waals surface area contributed by atoms with Gasteiger partial charge in [0.1, 0.15) is 6.54 Å². The van der Waals surface area contributed by atoms with Crippen LogP contribution in [-0.2, 0) is 4.79 Å². The van der Waals surface area contributed by atoms with Gasteiger partial charge in [0.25, 0.3) is 11.6 Å². The number of carboxylic acid groups (broad SMARTS) is 1. The molecule has 0 fully saturated rings. The summed E-state index contributed by atoms with van der Waals surface area (Å²) in [6, 6.07) is 3.87. The Morgan fingerprint density at radius 1 is 1.50 bits per heavy atom. The van der Waals surface area contributed by atoms with Crippen molar-refractivity contribution in [1.29, 1.82) is 0 Å². The smallest absolute Gasteiger partial charge is 0.323 e. The van der Waals surface area contributed by atoms with Crippen LogP contribution in [0.3, 0.4) is 0 Å². The molecule has 1 N–H and O–H groups in total. The van der Waals surface area contributed by atoms with Crippen LogP contribution in [0.5, 0.6) is 0 Å². The van der Waals surface area contributed by atoms with Gasteiger partial charge in [0.05, 0.1) is 10.5 Å². The van der Waals surface area contributed by atoms with Crippen LogP contribution in [0.4, 0.5) is 5.69 Å². The van der Waals surface area contributed by atoms with Crippen molar-refractivity contribution in [1.82, 2.24) is 4.90 Å². The van der Waals surface area contributed by atoms with Crippen LogP contribution in [0.15, 0.2) is 18.2 Å². The maximum absolute atomic E-state index is 11.9. The molecule has 0 atom stereocenters. The first kappa shape index (κ1) is 14.4. The van der Waals surface area contributed by atoms with E-state index in [0.717, 1.165) is 11.0 Å². The quantitative estimate of drug-likeness (QED) is 0.494. The summed E-state index contributed by atoms with van der Waals surface area (Å²) >= 11 is 1.87. The van der Waals surface area contributed by atoms with Gasteiger partial charge in [-0.25, -0.2) is 0 Å². The number of non-ortho nitro benzene ring substituents is 1. The van der Waals surface area contributed by atoms with Gasteiger partial charge < -0.3 is 10.0 Å². The van der Waals surface area contributed by atoms with E-state index in [0.29, 0.717) is 3.57 Å². The average molecular weight is 364 g/mol. The third-order valence-electron chi connectivity index (χ3n) is 2.11. The molecule has 0 saturated carbocycles. The van der Waals surface area contributed by atoms with Gasteiger partial charge in [-0.1, -0.05) is 0 Å². The van der Waals surface area contributed by atoms with E-state index in [9.17, 15) is 19.7 Å². The molecule has 0 bridgehead atoms. The summed E-state index contributed by atoms with van der Waals surface area (Å²) in [6.45, 7) is -0.461. The molecule has 0 aliphatic carbocycles. The lowest BCUT2D eigenvalue weighted by atomic mass is 10.2. The van der Waals surface area contributed by atoms with Gasteiger partial charge in [0.15, 0.2) is 0 Å². The van der Waals surface area contributed by atoms with E-state index in [1.165, 1.54) is 19.2 Å². The van der Waals surface area contributed by atoms with Crippen molar-refractivity contribution in [3.05, 3.63) is 37.4 Å². The molecule has 18 heavy (non-hydrogen) atoms. The van der Waals surface area contributed by atoms with E-state index in [2.05, 4.69) is 0 Å². The third kappa shape index (κ3) is 3.39. The van der Waals surface area contributed by atoms with E-state index in [1.807, 2.05) is 22.6 Å². The summed E-state index contributed by atoms with van der Waals surface area (Å²) in [4.78, 5) is 33.4. The Morgan fingerprint density at radius 3 is 2.61 bits per heavy atom. The van der Waals surface area contributed by atoms with Gasteiger partial charge in [-0.15, -0.1) is 0 Å². The summed E-state index contributed by atoms with van der Waals surface area (Å²) in [6.07, 6.45) is 0. The van der Waals surface area contributed by atoms with Crippen LogP contribution in [0.25, 0.3) is 0 Å². The molecule has 0 saturated heterocycles. The van der Waals surface area contributed by atoms with Crippen molar-refractivity contribution in [2.45, 2.75) is 0 Å². The number of carbonyl (C=O) groups excluding carboxylic acids is 1. The molecule has 0 aromatic heterocycles. The van der Waals surface area contributed by atoms with Crippen molar-refractivity contribution in [2.75, 3.05) is 13.6 Å². The molecule has 96 valence electrons. The summed E-state index contributed by atoms with van der Waals surface area (Å²) in [5.41, 5.74) is -0.0870. The Labute approximate surface area is 116 Å². The number of carbonyl (C=O) groups is 2. The number of nitro groups is 1. The number of hydrogen-bond donors (Lipinski definition) is 1. The normalized spacial score (nSPS) is 9.89. The number of nitro benzene ring substituents is 1. The highest BCUT2D eigenvalue weighted by molar-refractivity contribution is 14.1. The molecule has 1 aromatic rings. The standard InChI is InChI=1S/C10H9IN2O5/c1-12(5-9(14)15)10(16)7-4-6(13(17)18)2-3-8(7)11/h2-4H,5H2,1H3,(H,14,15). The number of aliphatic carboxylic acids is 1. The first-order valence-corrected chi connectivity index (χ1v) is 5.82. The predicted octanol–water partition coefficient (Wildman–Crippen LogP) is 1.36. The van der Waals surface area contributed by atoms with E-state index >= 15 is 0 Å². The lowest BCUT2D eigenvalue weighted by Crippen LogP contribution is -2.32. The van der Waals surface area contributed by atoms with Crippen molar-refractivity contribution in [3.8, 4) is 0 Å². The number of benzene rings is 1. The Bertz CT molecular complexity index is 517. The molecule has 0 aliphatic heterocycles. The van der Waals surface area contributed by atoms with Gasteiger partial charge in [-0.3, -0.25) is 19.7 Å². The average Bonchev–Trinajstić information content (AvgIpc) is 2.27. The molecular weight excluding hydrogens is 355 g/mol. The highest BCUT2D eigenvalue weighted by Crippen LogP contribution is 2.20. The molecule has 0 spiro atoms. The zero-order chi connectivity index (χ0) is 13.9. The number of halogens is 1. The minimum Gasteiger partial charge on any atom is -0.480 e. The second-order valence-electron chi connectivity index (χ2n) is 3.48. The molecule has 1 aromatic carbocycles. The second-order valence-corrected chi connectivity index (χ2v) is 4.64. The number of hydrogen-bond acceptors (Lipinski definition) is 4. The molecule has 0 heterocycles. The Kier molecular flexibility index (Phi) is 4.59. The van der Waals surface area contributed by atoms with Crippen molar-refractivity contribution in [3.63, 3.8) is 0 Å². The maximum atomic E-state index is 11.9. The van der Waals surface area contributed by atoms with E-state index < -0.39 is 23.3 Å². The van der Waals surface area contributed by atoms with Crippen LogP contribution in [0.1, 0.15) is 10.4 Å². The van der Waals surface area contributed by atoms with E-state index in [1.54, 1.807) is 0 Å². The molecule has 8 heteroatoms. The first-order chi connectivity index (χ1) is 8.32. The number of likely N-dealkylation sites (N-methyl/N-ethyl adjacent to an activating group) is 1. The molecule has 1 rings (SSSR count). The molecule has 0 unspecified atom stereocenters. The number of rotatable bonds is 4. The zero-order valence-corrected chi connectivity index (χ0v) is 11.4. The Hall–Kier alpha value is -1.71. The highest BCUT2D eigenvalue weighted by Gasteiger charge is 2.19. The fraction of sp³-hybridized carbons (Fsp3) is 0.200. The first-order valence-electron chi connectivity index (χ1n) is 4.74. The van der Waals surface area contributed by atoms with Gasteiger partial charge in [-0.05, 0) is 28.7 Å². The lowest BCUT2D eigenvalue weighted by molar-refractivity contribution is -0.384. The SMILES string of the molecule is CN(CC(=O)O)C(=O)c1cc([N+](=O)[O-])ccc1I.